The molecule has 2 atom stereocenters. The Morgan fingerprint density at radius 2 is 1.72 bits per heavy atom. The maximum Gasteiger partial charge on any atom is 0.168 e. The molecule has 176 valence electrons. The lowest BCUT2D eigenvalue weighted by Crippen LogP contribution is -2.41. The van der Waals surface area contributed by atoms with Gasteiger partial charge in [0.2, 0.25) is 0 Å². The molecule has 0 spiro atoms. The summed E-state index contributed by atoms with van der Waals surface area (Å²) < 4.78 is 21.7. The fraction of sp³-hybridized carbons (Fsp3) is 0.759. The predicted octanol–water partition coefficient (Wildman–Crippen LogP) is 8.09. The Morgan fingerprint density at radius 1 is 1.03 bits per heavy atom. The third-order valence-corrected chi connectivity index (χ3v) is 9.22. The molecule has 0 saturated heterocycles. The number of rotatable bonds is 7. The van der Waals surface area contributed by atoms with E-state index in [1.54, 1.807) is 6.07 Å². The van der Waals surface area contributed by atoms with Gasteiger partial charge < -0.3 is 4.74 Å². The van der Waals surface area contributed by atoms with Crippen molar-refractivity contribution in [1.82, 2.24) is 0 Å². The molecule has 1 aromatic rings. The first-order valence-corrected chi connectivity index (χ1v) is 13.5. The summed E-state index contributed by atoms with van der Waals surface area (Å²) in [4.78, 5) is 13.1. The zero-order chi connectivity index (χ0) is 22.3. The SMILES string of the molecule is CCC1(COc2cc(F)c(C(=O)C3CCCCC3)cc2C2CC2)CC2CC(C)CC(C2)C1. The van der Waals surface area contributed by atoms with Crippen molar-refractivity contribution < 1.29 is 13.9 Å². The molecule has 5 rings (SSSR count). The van der Waals surface area contributed by atoms with Gasteiger partial charge in [0, 0.05) is 17.4 Å². The van der Waals surface area contributed by atoms with E-state index in [1.165, 1.54) is 38.5 Å². The molecule has 2 nitrogen and oxygen atoms in total. The van der Waals surface area contributed by atoms with Crippen LogP contribution in [0.25, 0.3) is 0 Å². The largest absolute Gasteiger partial charge is 0.493 e. The molecule has 1 aromatic carbocycles. The topological polar surface area (TPSA) is 26.3 Å². The van der Waals surface area contributed by atoms with E-state index in [0.717, 1.165) is 68.3 Å². The summed E-state index contributed by atoms with van der Waals surface area (Å²) in [7, 11) is 0. The van der Waals surface area contributed by atoms with Gasteiger partial charge in [0.1, 0.15) is 11.6 Å². The van der Waals surface area contributed by atoms with E-state index >= 15 is 4.39 Å². The fourth-order valence-electron chi connectivity index (χ4n) is 7.46. The molecule has 4 aliphatic carbocycles. The van der Waals surface area contributed by atoms with E-state index < -0.39 is 0 Å². The molecule has 32 heavy (non-hydrogen) atoms. The van der Waals surface area contributed by atoms with Gasteiger partial charge in [-0.25, -0.2) is 4.39 Å². The maximum absolute atomic E-state index is 15.2. The highest BCUT2D eigenvalue weighted by molar-refractivity contribution is 5.98. The number of carbonyl (C=O) groups is 1. The van der Waals surface area contributed by atoms with Crippen molar-refractivity contribution in [3.8, 4) is 5.75 Å². The van der Waals surface area contributed by atoms with Crippen molar-refractivity contribution in [3.63, 3.8) is 0 Å². The van der Waals surface area contributed by atoms with Crippen LogP contribution in [0.3, 0.4) is 0 Å². The number of benzene rings is 1. The molecule has 0 amide bonds. The highest BCUT2D eigenvalue weighted by Gasteiger charge is 2.43. The standard InChI is InChI=1S/C29H41FO2/c1-3-29(16-20-11-19(2)12-21(13-20)17-29)18-32-27-15-26(30)25(14-24(27)22-9-10-22)28(31)23-7-5-4-6-8-23/h14-15,19-23H,3-13,16-18H2,1-2H3. The van der Waals surface area contributed by atoms with E-state index in [1.807, 2.05) is 6.07 Å². The number of ether oxygens (including phenoxy) is 1. The zero-order valence-electron chi connectivity index (χ0n) is 20.1. The van der Waals surface area contributed by atoms with Gasteiger partial charge in [-0.05, 0) is 99.5 Å². The molecule has 0 aliphatic heterocycles. The Labute approximate surface area is 193 Å². The number of hydrogen-bond acceptors (Lipinski definition) is 2. The molecule has 2 bridgehead atoms. The van der Waals surface area contributed by atoms with Crippen LogP contribution in [0.2, 0.25) is 0 Å². The molecule has 3 heteroatoms. The first-order chi connectivity index (χ1) is 15.5. The lowest BCUT2D eigenvalue weighted by molar-refractivity contribution is -0.000676. The number of halogens is 1. The van der Waals surface area contributed by atoms with Gasteiger partial charge in [0.25, 0.3) is 0 Å². The number of fused-ring (bicyclic) bond motifs is 2. The smallest absolute Gasteiger partial charge is 0.168 e. The van der Waals surface area contributed by atoms with Crippen molar-refractivity contribution in [3.05, 3.63) is 29.1 Å². The van der Waals surface area contributed by atoms with Crippen molar-refractivity contribution in [2.75, 3.05) is 6.61 Å². The second kappa shape index (κ2) is 9.11. The monoisotopic (exact) mass is 440 g/mol. The minimum atomic E-state index is -0.375. The number of carbonyl (C=O) groups excluding carboxylic acids is 1. The summed E-state index contributed by atoms with van der Waals surface area (Å²) in [6, 6.07) is 3.42. The molecule has 0 N–H and O–H groups in total. The second-order valence-electron chi connectivity index (χ2n) is 11.9. The summed E-state index contributed by atoms with van der Waals surface area (Å²) in [5, 5.41) is 0. The van der Waals surface area contributed by atoms with Gasteiger partial charge in [-0.15, -0.1) is 0 Å². The van der Waals surface area contributed by atoms with Crippen LogP contribution >= 0.6 is 0 Å². The van der Waals surface area contributed by atoms with E-state index in [9.17, 15) is 4.79 Å². The van der Waals surface area contributed by atoms with Gasteiger partial charge in [0.05, 0.1) is 12.2 Å². The normalized spacial score (nSPS) is 33.2. The van der Waals surface area contributed by atoms with Gasteiger partial charge in [-0.2, -0.15) is 0 Å². The zero-order valence-corrected chi connectivity index (χ0v) is 20.1. The quantitative estimate of drug-likeness (QED) is 0.400. The average Bonchev–Trinajstić information content (AvgIpc) is 3.62. The van der Waals surface area contributed by atoms with E-state index in [-0.39, 0.29) is 22.9 Å². The summed E-state index contributed by atoms with van der Waals surface area (Å²) in [6.07, 6.45) is 15.2. The summed E-state index contributed by atoms with van der Waals surface area (Å²) >= 11 is 0. The van der Waals surface area contributed by atoms with Crippen molar-refractivity contribution in [2.45, 2.75) is 103 Å². The van der Waals surface area contributed by atoms with Crippen LogP contribution in [-0.4, -0.2) is 12.4 Å². The third kappa shape index (κ3) is 4.64. The van der Waals surface area contributed by atoms with Crippen molar-refractivity contribution in [2.24, 2.45) is 29.1 Å². The summed E-state index contributed by atoms with van der Waals surface area (Å²) in [6.45, 7) is 5.41. The Hall–Kier alpha value is -1.38. The van der Waals surface area contributed by atoms with Gasteiger partial charge >= 0.3 is 0 Å². The molecule has 4 saturated carbocycles. The Kier molecular flexibility index (Phi) is 6.38. The predicted molar refractivity (Wildman–Crippen MR) is 127 cm³/mol. The average molecular weight is 441 g/mol. The third-order valence-electron chi connectivity index (χ3n) is 9.22. The van der Waals surface area contributed by atoms with Crippen molar-refractivity contribution >= 4 is 5.78 Å². The lowest BCUT2D eigenvalue weighted by Gasteiger charge is -2.48. The van der Waals surface area contributed by atoms with E-state index in [2.05, 4.69) is 13.8 Å². The van der Waals surface area contributed by atoms with Crippen LogP contribution in [0.15, 0.2) is 12.1 Å². The molecule has 2 unspecified atom stereocenters. The Bertz CT molecular complexity index is 818. The molecule has 0 heterocycles. The molecular formula is C29H41FO2. The van der Waals surface area contributed by atoms with Gasteiger partial charge in [-0.1, -0.05) is 33.1 Å². The number of ketones is 1. The molecule has 4 aliphatic rings. The first-order valence-electron chi connectivity index (χ1n) is 13.5. The van der Waals surface area contributed by atoms with Gasteiger partial charge in [0.15, 0.2) is 5.78 Å². The van der Waals surface area contributed by atoms with Crippen LogP contribution < -0.4 is 4.74 Å². The summed E-state index contributed by atoms with van der Waals surface area (Å²) in [5.74, 6) is 3.32. The van der Waals surface area contributed by atoms with Crippen LogP contribution in [-0.2, 0) is 0 Å². The van der Waals surface area contributed by atoms with Crippen molar-refractivity contribution in [1.29, 1.82) is 0 Å². The molecule has 0 radical (unpaired) electrons. The number of hydrogen-bond donors (Lipinski definition) is 0. The highest BCUT2D eigenvalue weighted by Crippen LogP contribution is 2.52. The van der Waals surface area contributed by atoms with Gasteiger partial charge in [-0.3, -0.25) is 4.79 Å². The first kappa shape index (κ1) is 22.4. The van der Waals surface area contributed by atoms with Crippen LogP contribution in [0.4, 0.5) is 4.39 Å². The lowest BCUT2D eigenvalue weighted by atomic mass is 9.58. The fourth-order valence-corrected chi connectivity index (χ4v) is 7.46. The molecular weight excluding hydrogens is 399 g/mol. The molecule has 4 fully saturated rings. The summed E-state index contributed by atoms with van der Waals surface area (Å²) in [5.41, 5.74) is 1.63. The minimum absolute atomic E-state index is 0.00414. The van der Waals surface area contributed by atoms with Crippen LogP contribution in [0.5, 0.6) is 5.75 Å². The highest BCUT2D eigenvalue weighted by atomic mass is 19.1. The Balaban J connectivity index is 1.34. The van der Waals surface area contributed by atoms with Crippen LogP contribution in [0.1, 0.15) is 119 Å². The van der Waals surface area contributed by atoms with E-state index in [4.69, 9.17) is 4.74 Å². The second-order valence-corrected chi connectivity index (χ2v) is 11.9. The van der Waals surface area contributed by atoms with Crippen LogP contribution in [0, 0.1) is 34.9 Å². The molecule has 0 aromatic heterocycles. The number of Topliss-reactive ketones (excluding diaryl/α,β-unsaturated/α-hetero) is 1. The Morgan fingerprint density at radius 3 is 2.34 bits per heavy atom. The minimum Gasteiger partial charge on any atom is -0.493 e. The maximum atomic E-state index is 15.2. The van der Waals surface area contributed by atoms with E-state index in [0.29, 0.717) is 23.8 Å².